The number of aromatic nitrogens is 1. The van der Waals surface area contributed by atoms with Gasteiger partial charge in [-0.2, -0.15) is 0 Å². The summed E-state index contributed by atoms with van der Waals surface area (Å²) in [6.07, 6.45) is 2.60. The zero-order chi connectivity index (χ0) is 13.0. The largest absolute Gasteiger partial charge is 0.488 e. The van der Waals surface area contributed by atoms with E-state index >= 15 is 0 Å². The average Bonchev–Trinajstić information content (AvgIpc) is 2.36. The predicted molar refractivity (Wildman–Crippen MR) is 62.8 cm³/mol. The molecule has 1 aromatic carbocycles. The molecule has 2 rings (SSSR count). The van der Waals surface area contributed by atoms with Crippen LogP contribution in [0.25, 0.3) is 0 Å². The van der Waals surface area contributed by atoms with E-state index in [2.05, 4.69) is 4.98 Å². The van der Waals surface area contributed by atoms with Crippen molar-refractivity contribution >= 4 is 0 Å². The van der Waals surface area contributed by atoms with Crippen LogP contribution in [-0.4, -0.2) is 4.98 Å². The van der Waals surface area contributed by atoms with Gasteiger partial charge in [-0.05, 0) is 18.2 Å². The number of pyridine rings is 1. The fourth-order valence-corrected chi connectivity index (χ4v) is 1.57. The lowest BCUT2D eigenvalue weighted by Crippen LogP contribution is -2.05. The highest BCUT2D eigenvalue weighted by molar-refractivity contribution is 5.34. The van der Waals surface area contributed by atoms with Crippen molar-refractivity contribution in [1.82, 2.24) is 4.98 Å². The first-order valence-corrected chi connectivity index (χ1v) is 5.40. The summed E-state index contributed by atoms with van der Waals surface area (Å²) in [6.45, 7) is 0.157. The first-order valence-electron chi connectivity index (χ1n) is 5.40. The van der Waals surface area contributed by atoms with Crippen molar-refractivity contribution in [3.05, 3.63) is 59.4 Å². The van der Waals surface area contributed by atoms with Gasteiger partial charge in [0.2, 0.25) is 0 Å². The minimum Gasteiger partial charge on any atom is -0.488 e. The molecule has 0 saturated carbocycles. The van der Waals surface area contributed by atoms with E-state index in [1.165, 1.54) is 24.4 Å². The Balaban J connectivity index is 2.13. The molecular formula is C13H12F2N2O. The first kappa shape index (κ1) is 12.4. The second-order valence-corrected chi connectivity index (χ2v) is 3.72. The van der Waals surface area contributed by atoms with Gasteiger partial charge in [0.1, 0.15) is 24.0 Å². The third-order valence-corrected chi connectivity index (χ3v) is 2.44. The van der Waals surface area contributed by atoms with E-state index in [0.29, 0.717) is 16.9 Å². The van der Waals surface area contributed by atoms with E-state index in [9.17, 15) is 8.78 Å². The maximum absolute atomic E-state index is 13.4. The molecule has 0 saturated heterocycles. The smallest absolute Gasteiger partial charge is 0.141 e. The quantitative estimate of drug-likeness (QED) is 0.906. The van der Waals surface area contributed by atoms with Crippen LogP contribution in [0.4, 0.5) is 8.78 Å². The SMILES string of the molecule is NCc1c(F)cccc1OCc1cncc(F)c1. The molecule has 0 unspecified atom stereocenters. The van der Waals surface area contributed by atoms with E-state index in [-0.39, 0.29) is 13.2 Å². The van der Waals surface area contributed by atoms with Gasteiger partial charge in [-0.15, -0.1) is 0 Å². The molecule has 0 amide bonds. The number of hydrogen-bond acceptors (Lipinski definition) is 3. The van der Waals surface area contributed by atoms with E-state index < -0.39 is 11.6 Å². The molecule has 5 heteroatoms. The van der Waals surface area contributed by atoms with Crippen molar-refractivity contribution in [2.24, 2.45) is 5.73 Å². The molecule has 0 radical (unpaired) electrons. The van der Waals surface area contributed by atoms with Crippen LogP contribution in [0, 0.1) is 11.6 Å². The van der Waals surface area contributed by atoms with E-state index in [1.54, 1.807) is 6.07 Å². The standard InChI is InChI=1S/C13H12F2N2O/c14-10-4-9(6-17-7-10)8-18-13-3-1-2-12(15)11(13)5-16/h1-4,6-7H,5,8,16H2. The highest BCUT2D eigenvalue weighted by Crippen LogP contribution is 2.21. The van der Waals surface area contributed by atoms with Crippen molar-refractivity contribution in [2.75, 3.05) is 0 Å². The number of hydrogen-bond donors (Lipinski definition) is 1. The maximum atomic E-state index is 13.4. The van der Waals surface area contributed by atoms with Crippen molar-refractivity contribution in [3.63, 3.8) is 0 Å². The number of halogens is 2. The normalized spacial score (nSPS) is 10.4. The third-order valence-electron chi connectivity index (χ3n) is 2.44. The summed E-state index contributed by atoms with van der Waals surface area (Å²) in [5, 5.41) is 0. The van der Waals surface area contributed by atoms with E-state index in [0.717, 1.165) is 6.20 Å². The molecule has 2 aromatic rings. The summed E-state index contributed by atoms with van der Waals surface area (Å²) in [5.41, 5.74) is 6.33. The molecule has 3 nitrogen and oxygen atoms in total. The van der Waals surface area contributed by atoms with Crippen molar-refractivity contribution in [3.8, 4) is 5.75 Å². The highest BCUT2D eigenvalue weighted by atomic mass is 19.1. The van der Waals surface area contributed by atoms with Crippen LogP contribution in [0.2, 0.25) is 0 Å². The van der Waals surface area contributed by atoms with Crippen LogP contribution in [0.5, 0.6) is 5.75 Å². The lowest BCUT2D eigenvalue weighted by atomic mass is 10.2. The predicted octanol–water partition coefficient (Wildman–Crippen LogP) is 2.40. The summed E-state index contributed by atoms with van der Waals surface area (Å²) >= 11 is 0. The van der Waals surface area contributed by atoms with Gasteiger partial charge in [0.25, 0.3) is 0 Å². The average molecular weight is 250 g/mol. The van der Waals surface area contributed by atoms with Gasteiger partial charge in [0.05, 0.1) is 6.20 Å². The summed E-state index contributed by atoms with van der Waals surface area (Å²) in [4.78, 5) is 3.70. The molecule has 0 atom stereocenters. The Labute approximate surface area is 103 Å². The lowest BCUT2D eigenvalue weighted by molar-refractivity contribution is 0.299. The minimum absolute atomic E-state index is 0.0450. The summed E-state index contributed by atoms with van der Waals surface area (Å²) < 4.78 is 31.7. The molecule has 0 spiro atoms. The highest BCUT2D eigenvalue weighted by Gasteiger charge is 2.08. The van der Waals surface area contributed by atoms with Crippen molar-refractivity contribution < 1.29 is 13.5 Å². The molecule has 0 aliphatic rings. The molecular weight excluding hydrogens is 238 g/mol. The van der Waals surface area contributed by atoms with Crippen molar-refractivity contribution in [1.29, 1.82) is 0 Å². The van der Waals surface area contributed by atoms with Crippen LogP contribution in [0.3, 0.4) is 0 Å². The van der Waals surface area contributed by atoms with Gasteiger partial charge in [-0.3, -0.25) is 4.98 Å². The summed E-state index contributed by atoms with van der Waals surface area (Å²) in [6, 6.07) is 5.79. The second kappa shape index (κ2) is 5.55. The van der Waals surface area contributed by atoms with Crippen LogP contribution < -0.4 is 10.5 Å². The first-order chi connectivity index (χ1) is 8.70. The van der Waals surface area contributed by atoms with Crippen LogP contribution in [0.1, 0.15) is 11.1 Å². The van der Waals surface area contributed by atoms with E-state index in [1.807, 2.05) is 0 Å². The second-order valence-electron chi connectivity index (χ2n) is 3.72. The molecule has 0 fully saturated rings. The number of rotatable bonds is 4. The van der Waals surface area contributed by atoms with Gasteiger partial charge in [-0.1, -0.05) is 6.07 Å². The van der Waals surface area contributed by atoms with Gasteiger partial charge >= 0.3 is 0 Å². The summed E-state index contributed by atoms with van der Waals surface area (Å²) in [7, 11) is 0. The maximum Gasteiger partial charge on any atom is 0.141 e. The molecule has 1 aromatic heterocycles. The molecule has 0 bridgehead atoms. The van der Waals surface area contributed by atoms with E-state index in [4.69, 9.17) is 10.5 Å². The number of nitrogens with two attached hydrogens (primary N) is 1. The fraction of sp³-hybridized carbons (Fsp3) is 0.154. The third kappa shape index (κ3) is 2.81. The Bertz CT molecular complexity index is 546. The summed E-state index contributed by atoms with van der Waals surface area (Å²) in [5.74, 6) is -0.483. The van der Waals surface area contributed by atoms with Gasteiger partial charge in [0, 0.05) is 23.9 Å². The van der Waals surface area contributed by atoms with Crippen LogP contribution in [-0.2, 0) is 13.2 Å². The Morgan fingerprint density at radius 3 is 2.78 bits per heavy atom. The molecule has 94 valence electrons. The minimum atomic E-state index is -0.436. The van der Waals surface area contributed by atoms with Crippen molar-refractivity contribution in [2.45, 2.75) is 13.2 Å². The Morgan fingerprint density at radius 1 is 1.22 bits per heavy atom. The zero-order valence-electron chi connectivity index (χ0n) is 9.57. The Kier molecular flexibility index (Phi) is 3.84. The lowest BCUT2D eigenvalue weighted by Gasteiger charge is -2.10. The number of benzene rings is 1. The molecule has 0 aliphatic carbocycles. The zero-order valence-corrected chi connectivity index (χ0v) is 9.57. The number of nitrogens with zero attached hydrogens (tertiary/aromatic N) is 1. The Morgan fingerprint density at radius 2 is 2.06 bits per heavy atom. The van der Waals surface area contributed by atoms with Gasteiger partial charge in [0.15, 0.2) is 0 Å². The fourth-order valence-electron chi connectivity index (χ4n) is 1.57. The molecule has 2 N–H and O–H groups in total. The van der Waals surface area contributed by atoms with Gasteiger partial charge in [-0.25, -0.2) is 8.78 Å². The van der Waals surface area contributed by atoms with Crippen LogP contribution in [0.15, 0.2) is 36.7 Å². The molecule has 1 heterocycles. The Hall–Kier alpha value is -2.01. The monoisotopic (exact) mass is 250 g/mol. The topological polar surface area (TPSA) is 48.1 Å². The molecule has 0 aliphatic heterocycles. The van der Waals surface area contributed by atoms with Crippen LogP contribution >= 0.6 is 0 Å². The number of ether oxygens (including phenoxy) is 1. The molecule has 18 heavy (non-hydrogen) atoms. The van der Waals surface area contributed by atoms with Gasteiger partial charge < -0.3 is 10.5 Å².